The molecule has 2 N–H and O–H groups in total. The zero-order valence-electron chi connectivity index (χ0n) is 13.5. The summed E-state index contributed by atoms with van der Waals surface area (Å²) in [5.41, 5.74) is 0. The minimum absolute atomic E-state index is 0.0644. The molecular formula is C16H20Cl4O4Ru2. The standard InChI is InChI=1S/2C8H10O2.4ClH.2Ru/c2*9-6-7-10-8-4-2-1-3-5-8;;;;;;/h2*1-5,9H,6-7H2;4*1H;;/q;;;;;;2*+2/p-4. The molecule has 0 amide bonds. The number of hydrogen-bond donors (Lipinski definition) is 2. The van der Waals surface area contributed by atoms with Crippen LogP contribution in [0.25, 0.3) is 0 Å². The molecule has 26 heavy (non-hydrogen) atoms. The van der Waals surface area contributed by atoms with Gasteiger partial charge in [-0.3, -0.25) is 0 Å². The topological polar surface area (TPSA) is 58.9 Å². The number of aliphatic hydroxyl groups excluding tert-OH is 2. The number of halogens is 4. The van der Waals surface area contributed by atoms with Crippen molar-refractivity contribution in [3.05, 3.63) is 76.4 Å². The molecule has 2 aliphatic rings. The molecule has 0 unspecified atom stereocenters. The first-order chi connectivity index (χ1) is 12.7. The van der Waals surface area contributed by atoms with E-state index < -0.39 is 0 Å². The van der Waals surface area contributed by atoms with Crippen LogP contribution in [0.5, 0.6) is 0 Å². The Morgan fingerprint density at radius 2 is 0.885 bits per heavy atom. The maximum atomic E-state index is 8.40. The van der Waals surface area contributed by atoms with Crippen LogP contribution in [0.15, 0.2) is 0 Å². The fraction of sp³-hybridized carbons (Fsp3) is 0.250. The SMILES string of the molecule is OCCO[C]1[CH][CH][CH][CH][CH]1.OCCO[C]1[CH][CH][CH][CH][CH]1.[Cl][Ru][Cl].[Cl][Ru][Cl]. The van der Waals surface area contributed by atoms with Crippen LogP contribution < -0.4 is 0 Å². The van der Waals surface area contributed by atoms with Crippen LogP contribution in [0.2, 0.25) is 0 Å². The van der Waals surface area contributed by atoms with Crippen molar-refractivity contribution in [1.82, 2.24) is 0 Å². The summed E-state index contributed by atoms with van der Waals surface area (Å²) in [6, 6.07) is 0. The van der Waals surface area contributed by atoms with E-state index in [1.807, 2.05) is 64.2 Å². The van der Waals surface area contributed by atoms with E-state index in [-0.39, 0.29) is 43.5 Å². The van der Waals surface area contributed by atoms with Gasteiger partial charge >= 0.3 is 69.1 Å². The van der Waals surface area contributed by atoms with Crippen molar-refractivity contribution >= 4 is 38.8 Å². The van der Waals surface area contributed by atoms with E-state index in [1.165, 1.54) is 0 Å². The molecule has 0 bridgehead atoms. The summed E-state index contributed by atoms with van der Waals surface area (Å²) >= 11 is -0.691. The summed E-state index contributed by atoms with van der Waals surface area (Å²) in [5.74, 6) is 0. The molecule has 10 heteroatoms. The number of rotatable bonds is 6. The fourth-order valence-electron chi connectivity index (χ4n) is 1.36. The summed E-state index contributed by atoms with van der Waals surface area (Å²) in [6.45, 7) is 0.859. The van der Waals surface area contributed by atoms with Crippen molar-refractivity contribution in [2.45, 2.75) is 0 Å². The Morgan fingerprint density at radius 3 is 1.12 bits per heavy atom. The molecule has 2 rings (SSSR count). The van der Waals surface area contributed by atoms with Gasteiger partial charge < -0.3 is 19.7 Å². The Balaban J connectivity index is 0. The molecule has 0 aromatic heterocycles. The number of ether oxygens (including phenoxy) is 2. The van der Waals surface area contributed by atoms with Gasteiger partial charge in [-0.1, -0.05) is 0 Å². The van der Waals surface area contributed by atoms with Crippen molar-refractivity contribution in [3.8, 4) is 0 Å². The summed E-state index contributed by atoms with van der Waals surface area (Å²) < 4.78 is 10.2. The van der Waals surface area contributed by atoms with Crippen molar-refractivity contribution in [2.75, 3.05) is 26.4 Å². The normalized spacial score (nSPS) is 18.1. The van der Waals surface area contributed by atoms with Gasteiger partial charge in [-0.05, 0) is 38.5 Å². The predicted molar refractivity (Wildman–Crippen MR) is 99.0 cm³/mol. The Bertz CT molecular complexity index is 224. The number of aliphatic hydroxyl groups is 2. The van der Waals surface area contributed by atoms with E-state index in [2.05, 4.69) is 0 Å². The average Bonchev–Trinajstić information content (AvgIpc) is 2.68. The van der Waals surface area contributed by atoms with Gasteiger partial charge in [-0.25, -0.2) is 0 Å². The first-order valence-corrected chi connectivity index (χ1v) is 15.9. The maximum absolute atomic E-state index is 8.40. The van der Waals surface area contributed by atoms with Gasteiger partial charge in [0.2, 0.25) is 0 Å². The van der Waals surface area contributed by atoms with Crippen molar-refractivity contribution in [3.63, 3.8) is 0 Å². The van der Waals surface area contributed by atoms with E-state index in [0.717, 1.165) is 12.2 Å². The van der Waals surface area contributed by atoms with Gasteiger partial charge in [-0.15, -0.1) is 0 Å². The molecule has 2 saturated carbocycles. The first-order valence-electron chi connectivity index (χ1n) is 6.97. The van der Waals surface area contributed by atoms with E-state index in [0.29, 0.717) is 13.2 Å². The molecule has 4 nitrogen and oxygen atoms in total. The van der Waals surface area contributed by atoms with Crippen LogP contribution in [-0.4, -0.2) is 36.6 Å². The van der Waals surface area contributed by atoms with Crippen LogP contribution in [0, 0.1) is 76.4 Å². The molecule has 152 valence electrons. The van der Waals surface area contributed by atoms with Crippen molar-refractivity contribution in [2.24, 2.45) is 0 Å². The second-order valence-electron chi connectivity index (χ2n) is 3.87. The Hall–Kier alpha value is 2.25. The Kier molecular flexibility index (Phi) is 31.9. The molecule has 12 radical (unpaired) electrons. The van der Waals surface area contributed by atoms with Gasteiger partial charge in [0, 0.05) is 25.7 Å². The Labute approximate surface area is 190 Å². The fourth-order valence-corrected chi connectivity index (χ4v) is 1.36. The van der Waals surface area contributed by atoms with Crippen LogP contribution in [0.3, 0.4) is 0 Å². The predicted octanol–water partition coefficient (Wildman–Crippen LogP) is 3.88. The van der Waals surface area contributed by atoms with Crippen LogP contribution in [0.4, 0.5) is 0 Å². The average molecular weight is 620 g/mol. The van der Waals surface area contributed by atoms with Crippen molar-refractivity contribution < 1.29 is 50.0 Å². The van der Waals surface area contributed by atoms with Gasteiger partial charge in [0.05, 0.1) is 26.4 Å². The summed E-state index contributed by atoms with van der Waals surface area (Å²) in [5, 5.41) is 16.8. The summed E-state index contributed by atoms with van der Waals surface area (Å²) in [4.78, 5) is 0. The third-order valence-electron chi connectivity index (χ3n) is 2.21. The molecular weight excluding hydrogens is 600 g/mol. The third-order valence-corrected chi connectivity index (χ3v) is 2.21. The van der Waals surface area contributed by atoms with Crippen LogP contribution in [0.1, 0.15) is 0 Å². The molecule has 0 saturated heterocycles. The molecule has 0 aliphatic heterocycles. The van der Waals surface area contributed by atoms with E-state index in [4.69, 9.17) is 58.5 Å². The molecule has 0 atom stereocenters. The van der Waals surface area contributed by atoms with Gasteiger partial charge in [0.1, 0.15) is 12.2 Å². The molecule has 0 aromatic carbocycles. The van der Waals surface area contributed by atoms with E-state index >= 15 is 0 Å². The molecule has 0 heterocycles. The molecule has 0 spiro atoms. The van der Waals surface area contributed by atoms with Gasteiger partial charge in [0.25, 0.3) is 0 Å². The second-order valence-corrected chi connectivity index (χ2v) is 9.15. The third kappa shape index (κ3) is 24.3. The zero-order chi connectivity index (χ0) is 19.9. The summed E-state index contributed by atoms with van der Waals surface area (Å²) in [6.07, 6.45) is 20.5. The van der Waals surface area contributed by atoms with Crippen molar-refractivity contribution in [1.29, 1.82) is 0 Å². The first kappa shape index (κ1) is 30.4. The summed E-state index contributed by atoms with van der Waals surface area (Å²) in [7, 11) is 19.4. The molecule has 0 aromatic rings. The molecule has 2 fully saturated rings. The van der Waals surface area contributed by atoms with E-state index in [9.17, 15) is 0 Å². The Morgan fingerprint density at radius 1 is 0.615 bits per heavy atom. The van der Waals surface area contributed by atoms with Crippen LogP contribution >= 0.6 is 38.8 Å². The minimum atomic E-state index is -0.346. The van der Waals surface area contributed by atoms with Crippen LogP contribution in [-0.2, 0) is 39.8 Å². The van der Waals surface area contributed by atoms with Gasteiger partial charge in [0.15, 0.2) is 0 Å². The van der Waals surface area contributed by atoms with Gasteiger partial charge in [-0.2, -0.15) is 0 Å². The number of hydrogen-bond acceptors (Lipinski definition) is 4. The monoisotopic (exact) mass is 620 g/mol. The second kappa shape index (κ2) is 27.2. The molecule has 2 aliphatic carbocycles. The quantitative estimate of drug-likeness (QED) is 0.443. The van der Waals surface area contributed by atoms with E-state index in [1.54, 1.807) is 0 Å². The zero-order valence-corrected chi connectivity index (χ0v) is 20.0.